The van der Waals surface area contributed by atoms with E-state index in [1.807, 2.05) is 0 Å². The molecule has 452 valence electrons. The van der Waals surface area contributed by atoms with E-state index in [-0.39, 0.29) is 36.9 Å². The summed E-state index contributed by atoms with van der Waals surface area (Å²) in [4.78, 5) is 126. The molecular formula is C45H80N5O25PS2. The zero-order valence-corrected chi connectivity index (χ0v) is 46.0. The first kappa shape index (κ1) is 74.0. The van der Waals surface area contributed by atoms with E-state index in [2.05, 4.69) is 31.1 Å². The lowest BCUT2D eigenvalue weighted by Gasteiger charge is -2.26. The number of unbranched alkanes of at least 4 members (excludes halogenated alkanes) is 3. The fraction of sp³-hybridized carbons (Fsp3) is 0.800. The van der Waals surface area contributed by atoms with Crippen molar-refractivity contribution in [3.05, 3.63) is 0 Å². The molecule has 0 heterocycles. The van der Waals surface area contributed by atoms with Crippen molar-refractivity contribution < 1.29 is 123 Å². The van der Waals surface area contributed by atoms with E-state index in [0.29, 0.717) is 32.2 Å². The van der Waals surface area contributed by atoms with Gasteiger partial charge in [0.05, 0.1) is 50.0 Å². The Bertz CT molecular complexity index is 1910. The van der Waals surface area contributed by atoms with Gasteiger partial charge >= 0.3 is 19.8 Å². The summed E-state index contributed by atoms with van der Waals surface area (Å²) in [5.41, 5.74) is 0. The highest BCUT2D eigenvalue weighted by atomic mass is 33.1. The normalized spacial score (nSPS) is 16.9. The second kappa shape index (κ2) is 41.1. The number of hydrogen-bond acceptors (Lipinski definition) is 24. The van der Waals surface area contributed by atoms with Crippen LogP contribution in [-0.2, 0) is 56.8 Å². The van der Waals surface area contributed by atoms with Gasteiger partial charge in [0, 0.05) is 89.1 Å². The lowest BCUT2D eigenvalue weighted by molar-refractivity contribution is -0.143. The van der Waals surface area contributed by atoms with E-state index in [9.17, 15) is 104 Å². The van der Waals surface area contributed by atoms with Gasteiger partial charge in [0.2, 0.25) is 29.5 Å². The Morgan fingerprint density at radius 3 is 1.51 bits per heavy atom. The van der Waals surface area contributed by atoms with Crippen molar-refractivity contribution in [2.45, 2.75) is 158 Å². The molecule has 0 bridgehead atoms. The lowest BCUT2D eigenvalue weighted by Crippen LogP contribution is -2.50. The minimum Gasteiger partial charge on any atom is -0.481 e. The number of carbonyl (C=O) groups is 9. The SMILES string of the molecule is CCC(=O)N[C@@H](CCC(=O)NC[C@H](O)[C@@H](O)[C@H](O)[C@H](O)CO)C(=O)C[C@@H](CCC(=O)O)C(=O)N[C@@H](CCC(=O)NC[C@H](O)[C@@H](O)[C@H](O)[C@H](O)CO)C(=O)C[C@@H](CSSCCC(=O)NCCCCCCOP(=O)(O)OC)C(=O)O. The number of amides is 5. The third-order valence-corrected chi connectivity index (χ3v) is 15.2. The van der Waals surface area contributed by atoms with Gasteiger partial charge in [-0.15, -0.1) is 0 Å². The van der Waals surface area contributed by atoms with Crippen LogP contribution in [0.4, 0.5) is 0 Å². The van der Waals surface area contributed by atoms with Gasteiger partial charge in [-0.25, -0.2) is 4.57 Å². The molecule has 30 nitrogen and oxygen atoms in total. The quantitative estimate of drug-likeness (QED) is 0.0155. The minimum absolute atomic E-state index is 0.0191. The van der Waals surface area contributed by atoms with Crippen molar-refractivity contribution in [1.82, 2.24) is 26.6 Å². The minimum atomic E-state index is -4.05. The largest absolute Gasteiger partial charge is 0.481 e. The Balaban J connectivity index is 6.14. The molecule has 0 aromatic rings. The van der Waals surface area contributed by atoms with Gasteiger partial charge < -0.3 is 92.8 Å². The maximum absolute atomic E-state index is 14.0. The molecule has 0 saturated heterocycles. The van der Waals surface area contributed by atoms with E-state index in [4.69, 9.17) is 14.7 Å². The van der Waals surface area contributed by atoms with Crippen LogP contribution < -0.4 is 26.6 Å². The molecule has 0 radical (unpaired) electrons. The van der Waals surface area contributed by atoms with Gasteiger partial charge in [0.25, 0.3) is 0 Å². The van der Waals surface area contributed by atoms with Crippen molar-refractivity contribution in [1.29, 1.82) is 0 Å². The summed E-state index contributed by atoms with van der Waals surface area (Å²) < 4.78 is 20.4. The number of carbonyl (C=O) groups excluding carboxylic acids is 7. The monoisotopic (exact) mass is 1190 g/mol. The Morgan fingerprint density at radius 2 is 1.04 bits per heavy atom. The fourth-order valence-electron chi connectivity index (χ4n) is 6.81. The molecular weight excluding hydrogens is 1110 g/mol. The summed E-state index contributed by atoms with van der Waals surface area (Å²) in [6, 6.07) is -3.16. The standard InChI is InChI=1S/C45H80N5O25PS2/c1-3-35(59)49-27(9-11-36(60)47-20-31(55)40(65)42(67)33(57)22-51)29(53)18-25(8-13-39(63)64)44(69)50-28(10-12-37(61)48-21-32(56)41(66)43(68)34(58)23-52)30(54)19-26(45(70)71)24-78-77-17-14-38(62)46-15-6-4-5-7-16-75-76(72,73)74-2/h25-28,31-34,40-43,51-52,55-58,65-68H,3-24H2,1-2H3,(H,46,62)(H,47,60)(H,48,61)(H,49,59)(H,50,69)(H,63,64)(H,70,71)(H,72,73)/t25-,26+,27+,28+,31+,32+,33-,34-,40-,41-,42-,43-/m1/s1. The highest BCUT2D eigenvalue weighted by Gasteiger charge is 2.35. The van der Waals surface area contributed by atoms with Crippen molar-refractivity contribution >= 4 is 82.5 Å². The Labute approximate surface area is 458 Å². The zero-order valence-electron chi connectivity index (χ0n) is 43.5. The van der Waals surface area contributed by atoms with Gasteiger partial charge in [-0.05, 0) is 32.1 Å². The number of hydrogen-bond donors (Lipinski definition) is 18. The van der Waals surface area contributed by atoms with Gasteiger partial charge in [0.1, 0.15) is 36.6 Å². The maximum Gasteiger partial charge on any atom is 0.471 e. The fourth-order valence-corrected chi connectivity index (χ4v) is 9.57. The first-order valence-electron chi connectivity index (χ1n) is 25.0. The molecule has 0 rings (SSSR count). The third kappa shape index (κ3) is 32.3. The number of phosphoric acid groups is 1. The summed E-state index contributed by atoms with van der Waals surface area (Å²) >= 11 is 0. The van der Waals surface area contributed by atoms with Gasteiger partial charge in [-0.1, -0.05) is 41.4 Å². The molecule has 5 amide bonds. The van der Waals surface area contributed by atoms with Crippen LogP contribution in [0.25, 0.3) is 0 Å². The van der Waals surface area contributed by atoms with Crippen LogP contribution in [-0.4, -0.2) is 238 Å². The molecule has 0 aliphatic heterocycles. The van der Waals surface area contributed by atoms with Crippen LogP contribution in [0.3, 0.4) is 0 Å². The zero-order chi connectivity index (χ0) is 59.5. The number of Topliss-reactive ketones (excluding diaryl/α,β-unsaturated/α-hetero) is 2. The van der Waals surface area contributed by atoms with Crippen LogP contribution in [0.2, 0.25) is 0 Å². The van der Waals surface area contributed by atoms with Crippen molar-refractivity contribution in [3.63, 3.8) is 0 Å². The maximum atomic E-state index is 14.0. The van der Waals surface area contributed by atoms with Gasteiger partial charge in [0.15, 0.2) is 11.6 Å². The molecule has 0 aromatic heterocycles. The molecule has 0 aliphatic carbocycles. The Hall–Kier alpha value is -3.96. The summed E-state index contributed by atoms with van der Waals surface area (Å²) in [7, 11) is -0.840. The molecule has 33 heteroatoms. The lowest BCUT2D eigenvalue weighted by atomic mass is 9.90. The number of aliphatic hydroxyl groups excluding tert-OH is 10. The molecule has 0 fully saturated rings. The average molecular weight is 1190 g/mol. The highest BCUT2D eigenvalue weighted by molar-refractivity contribution is 8.76. The van der Waals surface area contributed by atoms with Gasteiger partial charge in [-0.2, -0.15) is 0 Å². The van der Waals surface area contributed by atoms with Crippen LogP contribution in [0, 0.1) is 11.8 Å². The number of aliphatic carboxylic acids is 2. The smallest absolute Gasteiger partial charge is 0.471 e. The summed E-state index contributed by atoms with van der Waals surface area (Å²) in [6.07, 6.45) is -18.0. The molecule has 78 heavy (non-hydrogen) atoms. The predicted molar refractivity (Wildman–Crippen MR) is 275 cm³/mol. The molecule has 0 aromatic carbocycles. The van der Waals surface area contributed by atoms with Crippen LogP contribution in [0.5, 0.6) is 0 Å². The first-order chi connectivity index (χ1) is 36.6. The molecule has 0 aliphatic rings. The van der Waals surface area contributed by atoms with Crippen molar-refractivity contribution in [2.24, 2.45) is 11.8 Å². The molecule has 1 unspecified atom stereocenters. The van der Waals surface area contributed by atoms with E-state index in [1.54, 1.807) is 0 Å². The summed E-state index contributed by atoms with van der Waals surface area (Å²) in [5, 5.41) is 129. The molecule has 18 N–H and O–H groups in total. The first-order valence-corrected chi connectivity index (χ1v) is 29.0. The third-order valence-electron chi connectivity index (χ3n) is 11.7. The number of phosphoric ester groups is 1. The van der Waals surface area contributed by atoms with Crippen LogP contribution in [0.15, 0.2) is 0 Å². The predicted octanol–water partition coefficient (Wildman–Crippen LogP) is -4.66. The van der Waals surface area contributed by atoms with E-state index in [1.165, 1.54) is 6.92 Å². The Kier molecular flexibility index (Phi) is 39.0. The van der Waals surface area contributed by atoms with Crippen molar-refractivity contribution in [2.75, 3.05) is 58.1 Å². The molecule has 0 saturated carbocycles. The number of nitrogens with one attached hydrogen (secondary N) is 5. The second-order valence-electron chi connectivity index (χ2n) is 17.9. The number of rotatable bonds is 47. The van der Waals surface area contributed by atoms with E-state index >= 15 is 0 Å². The molecule has 13 atom stereocenters. The van der Waals surface area contributed by atoms with Crippen LogP contribution in [0.1, 0.15) is 96.8 Å². The molecule has 0 spiro atoms. The number of aliphatic hydroxyl groups is 10. The Morgan fingerprint density at radius 1 is 0.564 bits per heavy atom. The van der Waals surface area contributed by atoms with Gasteiger partial charge in [-0.3, -0.25) is 52.2 Å². The summed E-state index contributed by atoms with van der Waals surface area (Å²) in [6.45, 7) is -1.53. The second-order valence-corrected chi connectivity index (χ2v) is 22.1. The number of ketones is 2. The van der Waals surface area contributed by atoms with Crippen molar-refractivity contribution in [3.8, 4) is 0 Å². The highest BCUT2D eigenvalue weighted by Crippen LogP contribution is 2.42. The topological polar surface area (TPSA) is 512 Å². The summed E-state index contributed by atoms with van der Waals surface area (Å²) in [5.74, 6) is -11.4. The average Bonchev–Trinajstić information content (AvgIpc) is 3.40. The number of carboxylic acid groups (broad SMARTS) is 2. The van der Waals surface area contributed by atoms with E-state index < -0.39 is 205 Å². The number of carboxylic acids is 2. The van der Waals surface area contributed by atoms with Crippen LogP contribution >= 0.6 is 29.4 Å². The van der Waals surface area contributed by atoms with E-state index in [0.717, 1.165) is 28.7 Å².